The number of nitrogens with zero attached hydrogens (tertiary/aromatic N) is 3. The summed E-state index contributed by atoms with van der Waals surface area (Å²) in [5.74, 6) is 0.148. The zero-order valence-corrected chi connectivity index (χ0v) is 9.83. The fraction of sp³-hybridized carbons (Fsp3) is 0.600. The van der Waals surface area contributed by atoms with E-state index in [-0.39, 0.29) is 23.6 Å². The van der Waals surface area contributed by atoms with Crippen molar-refractivity contribution in [2.75, 3.05) is 24.2 Å². The second kappa shape index (κ2) is 5.58. The van der Waals surface area contributed by atoms with Gasteiger partial charge in [0.1, 0.15) is 6.20 Å². The van der Waals surface area contributed by atoms with Crippen LogP contribution in [-0.2, 0) is 4.74 Å². The van der Waals surface area contributed by atoms with Gasteiger partial charge in [0.2, 0.25) is 11.8 Å². The van der Waals surface area contributed by atoms with Crippen LogP contribution in [0.1, 0.15) is 19.3 Å². The molecule has 1 aliphatic heterocycles. The van der Waals surface area contributed by atoms with Gasteiger partial charge in [-0.05, 0) is 19.3 Å². The molecule has 0 saturated carbocycles. The number of hydrogen-bond donors (Lipinski definition) is 2. The van der Waals surface area contributed by atoms with Gasteiger partial charge in [0.05, 0.1) is 11.0 Å². The average molecular weight is 253 g/mol. The number of nitrogens with two attached hydrogens (primary N) is 1. The van der Waals surface area contributed by atoms with Crippen LogP contribution in [0.15, 0.2) is 6.20 Å². The highest BCUT2D eigenvalue weighted by Gasteiger charge is 2.19. The Kier molecular flexibility index (Phi) is 3.88. The monoisotopic (exact) mass is 253 g/mol. The first-order valence-corrected chi connectivity index (χ1v) is 5.79. The molecule has 1 aromatic rings. The normalized spacial score (nSPS) is 19.4. The summed E-state index contributed by atoms with van der Waals surface area (Å²) < 4.78 is 5.52. The van der Waals surface area contributed by atoms with Crippen LogP contribution in [0.2, 0.25) is 0 Å². The van der Waals surface area contributed by atoms with Gasteiger partial charge in [0.25, 0.3) is 0 Å². The molecular weight excluding hydrogens is 238 g/mol. The minimum atomic E-state index is -0.538. The molecule has 1 saturated heterocycles. The van der Waals surface area contributed by atoms with Crippen molar-refractivity contribution in [2.45, 2.75) is 25.4 Å². The van der Waals surface area contributed by atoms with Crippen LogP contribution in [0.25, 0.3) is 0 Å². The summed E-state index contributed by atoms with van der Waals surface area (Å²) in [5, 5.41) is 13.7. The third-order valence-corrected chi connectivity index (χ3v) is 2.76. The van der Waals surface area contributed by atoms with E-state index in [4.69, 9.17) is 10.5 Å². The summed E-state index contributed by atoms with van der Waals surface area (Å²) >= 11 is 0. The molecule has 18 heavy (non-hydrogen) atoms. The molecule has 1 unspecified atom stereocenters. The van der Waals surface area contributed by atoms with E-state index in [1.54, 1.807) is 0 Å². The fourth-order valence-corrected chi connectivity index (χ4v) is 1.83. The van der Waals surface area contributed by atoms with Crippen molar-refractivity contribution in [3.63, 3.8) is 0 Å². The van der Waals surface area contributed by atoms with Crippen molar-refractivity contribution in [3.8, 4) is 0 Å². The summed E-state index contributed by atoms with van der Waals surface area (Å²) in [4.78, 5) is 17.7. The lowest BCUT2D eigenvalue weighted by Gasteiger charge is -2.22. The molecular formula is C10H15N5O3. The molecule has 8 nitrogen and oxygen atoms in total. The third-order valence-electron chi connectivity index (χ3n) is 2.76. The number of hydrogen-bond acceptors (Lipinski definition) is 7. The minimum absolute atomic E-state index is 0.00709. The van der Waals surface area contributed by atoms with Gasteiger partial charge in [0.15, 0.2) is 0 Å². The van der Waals surface area contributed by atoms with Crippen LogP contribution >= 0.6 is 0 Å². The lowest BCUT2D eigenvalue weighted by Crippen LogP contribution is -2.27. The maximum absolute atomic E-state index is 10.8. The van der Waals surface area contributed by atoms with Gasteiger partial charge in [-0.2, -0.15) is 4.98 Å². The molecule has 1 fully saturated rings. The van der Waals surface area contributed by atoms with Gasteiger partial charge in [-0.3, -0.25) is 10.1 Å². The standard InChI is InChI=1S/C10H15N5O3/c11-10-13-6-8(15(16)17)9(14-10)12-5-7-3-1-2-4-18-7/h6-7H,1-5H2,(H3,11,12,13,14). The Labute approximate surface area is 104 Å². The molecule has 3 N–H and O–H groups in total. The highest BCUT2D eigenvalue weighted by Crippen LogP contribution is 2.22. The van der Waals surface area contributed by atoms with Crippen molar-refractivity contribution in [2.24, 2.45) is 0 Å². The second-order valence-electron chi connectivity index (χ2n) is 4.09. The lowest BCUT2D eigenvalue weighted by molar-refractivity contribution is -0.384. The molecule has 98 valence electrons. The Hall–Kier alpha value is -1.96. The highest BCUT2D eigenvalue weighted by molar-refractivity contribution is 5.56. The summed E-state index contributed by atoms with van der Waals surface area (Å²) in [5.41, 5.74) is 5.24. The topological polar surface area (TPSA) is 116 Å². The molecule has 0 amide bonds. The van der Waals surface area contributed by atoms with Crippen LogP contribution in [0.3, 0.4) is 0 Å². The van der Waals surface area contributed by atoms with Crippen LogP contribution in [-0.4, -0.2) is 34.1 Å². The van der Waals surface area contributed by atoms with Crippen LogP contribution in [0.5, 0.6) is 0 Å². The number of nitro groups is 1. The maximum Gasteiger partial charge on any atom is 0.329 e. The van der Waals surface area contributed by atoms with E-state index in [2.05, 4.69) is 15.3 Å². The van der Waals surface area contributed by atoms with E-state index < -0.39 is 4.92 Å². The summed E-state index contributed by atoms with van der Waals surface area (Å²) in [7, 11) is 0. The minimum Gasteiger partial charge on any atom is -0.376 e. The number of anilines is 2. The van der Waals surface area contributed by atoms with Gasteiger partial charge in [-0.15, -0.1) is 0 Å². The van der Waals surface area contributed by atoms with Gasteiger partial charge in [0, 0.05) is 13.2 Å². The van der Waals surface area contributed by atoms with Gasteiger partial charge >= 0.3 is 5.69 Å². The molecule has 0 radical (unpaired) electrons. The molecule has 1 aromatic heterocycles. The molecule has 0 bridgehead atoms. The molecule has 2 heterocycles. The van der Waals surface area contributed by atoms with Gasteiger partial charge < -0.3 is 15.8 Å². The van der Waals surface area contributed by atoms with Crippen molar-refractivity contribution >= 4 is 17.5 Å². The molecule has 1 atom stereocenters. The lowest BCUT2D eigenvalue weighted by atomic mass is 10.1. The summed E-state index contributed by atoms with van der Waals surface area (Å²) in [6.45, 7) is 1.22. The van der Waals surface area contributed by atoms with Crippen LogP contribution in [0, 0.1) is 10.1 Å². The van der Waals surface area contributed by atoms with E-state index in [1.165, 1.54) is 0 Å². The van der Waals surface area contributed by atoms with Crippen molar-refractivity contribution in [1.82, 2.24) is 9.97 Å². The highest BCUT2D eigenvalue weighted by atomic mass is 16.6. The predicted molar refractivity (Wildman–Crippen MR) is 65.2 cm³/mol. The van der Waals surface area contributed by atoms with Gasteiger partial charge in [-0.25, -0.2) is 4.98 Å². The molecule has 1 aliphatic rings. The zero-order valence-electron chi connectivity index (χ0n) is 9.83. The SMILES string of the molecule is Nc1ncc([N+](=O)[O-])c(NCC2CCCCO2)n1. The molecule has 0 aliphatic carbocycles. The zero-order chi connectivity index (χ0) is 13.0. The number of nitrogens with one attached hydrogen (secondary N) is 1. The number of ether oxygens (including phenoxy) is 1. The molecule has 0 aromatic carbocycles. The third kappa shape index (κ3) is 3.04. The molecule has 2 rings (SSSR count). The van der Waals surface area contributed by atoms with E-state index in [0.29, 0.717) is 6.54 Å². The van der Waals surface area contributed by atoms with E-state index >= 15 is 0 Å². The number of nitrogen functional groups attached to an aromatic ring is 1. The van der Waals surface area contributed by atoms with E-state index in [0.717, 1.165) is 32.1 Å². The largest absolute Gasteiger partial charge is 0.376 e. The predicted octanol–water partition coefficient (Wildman–Crippen LogP) is 0.948. The Morgan fingerprint density at radius 1 is 1.61 bits per heavy atom. The fourth-order valence-electron chi connectivity index (χ4n) is 1.83. The second-order valence-corrected chi connectivity index (χ2v) is 4.09. The maximum atomic E-state index is 10.8. The first-order chi connectivity index (χ1) is 8.66. The van der Waals surface area contributed by atoms with Crippen LogP contribution in [0.4, 0.5) is 17.5 Å². The van der Waals surface area contributed by atoms with E-state index in [9.17, 15) is 10.1 Å². The van der Waals surface area contributed by atoms with Crippen LogP contribution < -0.4 is 11.1 Å². The first-order valence-electron chi connectivity index (χ1n) is 5.79. The number of rotatable bonds is 4. The Bertz CT molecular complexity index is 434. The van der Waals surface area contributed by atoms with Crippen molar-refractivity contribution in [3.05, 3.63) is 16.3 Å². The average Bonchev–Trinajstić information content (AvgIpc) is 2.37. The smallest absolute Gasteiger partial charge is 0.329 e. The molecule has 8 heteroatoms. The van der Waals surface area contributed by atoms with Crippen molar-refractivity contribution in [1.29, 1.82) is 0 Å². The van der Waals surface area contributed by atoms with Crippen molar-refractivity contribution < 1.29 is 9.66 Å². The molecule has 0 spiro atoms. The summed E-state index contributed by atoms with van der Waals surface area (Å²) in [6.07, 6.45) is 4.29. The van der Waals surface area contributed by atoms with E-state index in [1.807, 2.05) is 0 Å². The Morgan fingerprint density at radius 3 is 3.11 bits per heavy atom. The Balaban J connectivity index is 2.03. The number of aromatic nitrogens is 2. The summed E-state index contributed by atoms with van der Waals surface area (Å²) in [6, 6.07) is 0. The first kappa shape index (κ1) is 12.5. The Morgan fingerprint density at radius 2 is 2.44 bits per heavy atom. The van der Waals surface area contributed by atoms with Gasteiger partial charge in [-0.1, -0.05) is 0 Å². The quantitative estimate of drug-likeness (QED) is 0.606.